The number of hydrogen-bond acceptors (Lipinski definition) is 5. The fourth-order valence-electron chi connectivity index (χ4n) is 2.35. The van der Waals surface area contributed by atoms with Gasteiger partial charge in [-0.05, 0) is 23.3 Å². The second-order valence-electron chi connectivity index (χ2n) is 5.27. The lowest BCUT2D eigenvalue weighted by atomic mass is 10.1. The summed E-state index contributed by atoms with van der Waals surface area (Å²) >= 11 is 0. The van der Waals surface area contributed by atoms with Crippen LogP contribution in [0.3, 0.4) is 0 Å². The van der Waals surface area contributed by atoms with Gasteiger partial charge in [-0.1, -0.05) is 24.3 Å². The van der Waals surface area contributed by atoms with Crippen molar-refractivity contribution in [2.24, 2.45) is 4.99 Å². The van der Waals surface area contributed by atoms with Crippen molar-refractivity contribution in [2.45, 2.75) is 13.2 Å². The molecule has 0 bridgehead atoms. The zero-order valence-electron chi connectivity index (χ0n) is 12.6. The van der Waals surface area contributed by atoms with E-state index in [-0.39, 0.29) is 5.69 Å². The number of benzene rings is 2. The van der Waals surface area contributed by atoms with Crippen molar-refractivity contribution in [1.29, 1.82) is 0 Å². The Morgan fingerprint density at radius 1 is 1.04 bits per heavy atom. The van der Waals surface area contributed by atoms with Crippen LogP contribution in [0.5, 0.6) is 0 Å². The molecular weight excluding hydrogens is 294 g/mol. The van der Waals surface area contributed by atoms with Crippen LogP contribution in [0.1, 0.15) is 16.7 Å². The monoisotopic (exact) mass is 311 g/mol. The predicted molar refractivity (Wildman–Crippen MR) is 87.4 cm³/mol. The molecule has 0 fully saturated rings. The highest BCUT2D eigenvalue weighted by Crippen LogP contribution is 2.14. The fourth-order valence-corrected chi connectivity index (χ4v) is 2.35. The van der Waals surface area contributed by atoms with Crippen LogP contribution in [-0.4, -0.2) is 23.8 Å². The Morgan fingerprint density at radius 2 is 1.65 bits per heavy atom. The minimum Gasteiger partial charge on any atom is -0.372 e. The summed E-state index contributed by atoms with van der Waals surface area (Å²) in [6.45, 7) is 2.65. The van der Waals surface area contributed by atoms with E-state index >= 15 is 0 Å². The average molecular weight is 311 g/mol. The highest BCUT2D eigenvalue weighted by atomic mass is 16.6. The summed E-state index contributed by atoms with van der Waals surface area (Å²) in [6, 6.07) is 14.5. The van der Waals surface area contributed by atoms with Crippen molar-refractivity contribution in [2.75, 3.05) is 13.1 Å². The fraction of sp³-hybridized carbons (Fsp3) is 0.235. The number of amidine groups is 1. The average Bonchev–Trinajstić information content (AvgIpc) is 3.10. The van der Waals surface area contributed by atoms with E-state index in [9.17, 15) is 10.1 Å². The zero-order chi connectivity index (χ0) is 16.1. The minimum absolute atomic E-state index is 0.0905. The molecule has 2 aromatic carbocycles. The number of aliphatic imine (C=N–C) groups is 1. The largest absolute Gasteiger partial charge is 0.372 e. The van der Waals surface area contributed by atoms with Gasteiger partial charge in [-0.25, -0.2) is 0 Å². The molecular formula is C17H17N3O3. The Hall–Kier alpha value is -2.73. The Bertz CT molecular complexity index is 709. The number of ether oxygens (including phenoxy) is 1. The first-order valence-corrected chi connectivity index (χ1v) is 7.41. The first kappa shape index (κ1) is 15.2. The third-order valence-electron chi connectivity index (χ3n) is 3.59. The number of nitro benzene ring substituents is 1. The molecule has 0 saturated heterocycles. The maximum atomic E-state index is 10.6. The number of hydrogen-bond donors (Lipinski definition) is 1. The van der Waals surface area contributed by atoms with Gasteiger partial charge in [-0.3, -0.25) is 15.1 Å². The molecule has 0 aliphatic carbocycles. The summed E-state index contributed by atoms with van der Waals surface area (Å²) in [6.07, 6.45) is 0. The Kier molecular flexibility index (Phi) is 4.63. The number of nitro groups is 1. The maximum absolute atomic E-state index is 10.6. The topological polar surface area (TPSA) is 76.8 Å². The maximum Gasteiger partial charge on any atom is 0.269 e. The van der Waals surface area contributed by atoms with Crippen LogP contribution in [0.25, 0.3) is 0 Å². The van der Waals surface area contributed by atoms with E-state index in [4.69, 9.17) is 4.74 Å². The molecule has 0 aromatic heterocycles. The van der Waals surface area contributed by atoms with E-state index in [1.807, 2.05) is 24.3 Å². The van der Waals surface area contributed by atoms with Crippen LogP contribution in [0, 0.1) is 10.1 Å². The van der Waals surface area contributed by atoms with Crippen molar-refractivity contribution in [3.63, 3.8) is 0 Å². The van der Waals surface area contributed by atoms with Gasteiger partial charge >= 0.3 is 0 Å². The summed E-state index contributed by atoms with van der Waals surface area (Å²) < 4.78 is 5.66. The van der Waals surface area contributed by atoms with Gasteiger partial charge in [-0.2, -0.15) is 0 Å². The summed E-state index contributed by atoms with van der Waals surface area (Å²) in [5.74, 6) is 0.948. The van der Waals surface area contributed by atoms with Crippen molar-refractivity contribution in [3.05, 3.63) is 75.3 Å². The van der Waals surface area contributed by atoms with Gasteiger partial charge < -0.3 is 10.1 Å². The van der Waals surface area contributed by atoms with Crippen molar-refractivity contribution in [3.8, 4) is 0 Å². The van der Waals surface area contributed by atoms with Crippen molar-refractivity contribution in [1.82, 2.24) is 5.32 Å². The molecule has 0 spiro atoms. The number of non-ortho nitro benzene ring substituents is 1. The summed E-state index contributed by atoms with van der Waals surface area (Å²) in [5.41, 5.74) is 3.17. The smallest absolute Gasteiger partial charge is 0.269 e. The second-order valence-corrected chi connectivity index (χ2v) is 5.27. The predicted octanol–water partition coefficient (Wildman–Crippen LogP) is 2.66. The Morgan fingerprint density at radius 3 is 2.17 bits per heavy atom. The normalized spacial score (nSPS) is 13.5. The molecule has 3 rings (SSSR count). The van der Waals surface area contributed by atoms with E-state index in [2.05, 4.69) is 10.3 Å². The molecule has 1 heterocycles. The van der Waals surface area contributed by atoms with Gasteiger partial charge in [0.2, 0.25) is 0 Å². The lowest BCUT2D eigenvalue weighted by Crippen LogP contribution is -2.19. The van der Waals surface area contributed by atoms with Crippen molar-refractivity contribution >= 4 is 11.5 Å². The first-order chi connectivity index (χ1) is 11.2. The highest BCUT2D eigenvalue weighted by Gasteiger charge is 2.07. The third kappa shape index (κ3) is 3.92. The van der Waals surface area contributed by atoms with Gasteiger partial charge in [0.15, 0.2) is 0 Å². The number of rotatable bonds is 6. The van der Waals surface area contributed by atoms with Gasteiger partial charge in [-0.15, -0.1) is 0 Å². The van der Waals surface area contributed by atoms with E-state index in [1.165, 1.54) is 12.1 Å². The van der Waals surface area contributed by atoms with Crippen LogP contribution in [0.4, 0.5) is 5.69 Å². The molecule has 1 aliphatic rings. The molecule has 0 unspecified atom stereocenters. The molecule has 23 heavy (non-hydrogen) atoms. The van der Waals surface area contributed by atoms with E-state index < -0.39 is 4.92 Å². The molecule has 0 amide bonds. The Labute approximate surface area is 134 Å². The van der Waals surface area contributed by atoms with Gasteiger partial charge in [0.05, 0.1) is 24.7 Å². The van der Waals surface area contributed by atoms with Crippen LogP contribution >= 0.6 is 0 Å². The van der Waals surface area contributed by atoms with Crippen LogP contribution in [0.2, 0.25) is 0 Å². The van der Waals surface area contributed by atoms with Gasteiger partial charge in [0.25, 0.3) is 5.69 Å². The molecule has 6 nitrogen and oxygen atoms in total. The van der Waals surface area contributed by atoms with Crippen LogP contribution in [-0.2, 0) is 18.0 Å². The van der Waals surface area contributed by atoms with Crippen molar-refractivity contribution < 1.29 is 9.66 Å². The molecule has 1 aliphatic heterocycles. The highest BCUT2D eigenvalue weighted by molar-refractivity contribution is 5.99. The molecule has 0 saturated carbocycles. The summed E-state index contributed by atoms with van der Waals surface area (Å²) in [5, 5.41) is 13.8. The first-order valence-electron chi connectivity index (χ1n) is 7.41. The van der Waals surface area contributed by atoms with E-state index in [0.29, 0.717) is 13.2 Å². The minimum atomic E-state index is -0.407. The lowest BCUT2D eigenvalue weighted by Gasteiger charge is -2.06. The zero-order valence-corrected chi connectivity index (χ0v) is 12.6. The molecule has 0 radical (unpaired) electrons. The molecule has 0 atom stereocenters. The van der Waals surface area contributed by atoms with E-state index in [1.54, 1.807) is 12.1 Å². The standard InChI is InChI=1S/C17H17N3O3/c21-20(22)16-7-3-14(4-8-16)12-23-11-13-1-5-15(6-2-13)17-18-9-10-19-17/h1-8H,9-12H2,(H,18,19). The summed E-state index contributed by atoms with van der Waals surface area (Å²) in [4.78, 5) is 14.6. The third-order valence-corrected chi connectivity index (χ3v) is 3.59. The lowest BCUT2D eigenvalue weighted by molar-refractivity contribution is -0.384. The van der Waals surface area contributed by atoms with Gasteiger partial charge in [0, 0.05) is 24.2 Å². The van der Waals surface area contributed by atoms with Crippen LogP contribution < -0.4 is 5.32 Å². The number of nitrogens with zero attached hydrogens (tertiary/aromatic N) is 2. The van der Waals surface area contributed by atoms with E-state index in [0.717, 1.165) is 35.6 Å². The molecule has 1 N–H and O–H groups in total. The number of nitrogens with one attached hydrogen (secondary N) is 1. The Balaban J connectivity index is 1.51. The quantitative estimate of drug-likeness (QED) is 0.657. The molecule has 118 valence electrons. The molecule has 2 aromatic rings. The SMILES string of the molecule is O=[N+]([O-])c1ccc(COCc2ccc(C3=NCCN3)cc2)cc1. The summed E-state index contributed by atoms with van der Waals surface area (Å²) in [7, 11) is 0. The molecule has 6 heteroatoms. The van der Waals surface area contributed by atoms with Crippen LogP contribution in [0.15, 0.2) is 53.5 Å². The second kappa shape index (κ2) is 7.02. The van der Waals surface area contributed by atoms with Gasteiger partial charge in [0.1, 0.15) is 5.84 Å².